The third kappa shape index (κ3) is 10.5. The van der Waals surface area contributed by atoms with Crippen LogP contribution in [0.1, 0.15) is 58.1 Å². The molecule has 10 nitrogen and oxygen atoms in total. The van der Waals surface area contributed by atoms with Crippen LogP contribution in [0.15, 0.2) is 60.7 Å². The molecule has 1 aliphatic rings. The first kappa shape index (κ1) is 31.6. The van der Waals surface area contributed by atoms with Gasteiger partial charge in [0, 0.05) is 6.54 Å². The molecule has 0 saturated carbocycles. The van der Waals surface area contributed by atoms with Crippen molar-refractivity contribution in [1.29, 1.82) is 0 Å². The van der Waals surface area contributed by atoms with Gasteiger partial charge in [0.2, 0.25) is 17.9 Å². The highest BCUT2D eigenvalue weighted by molar-refractivity contribution is 5.95. The Bertz CT molecular complexity index is 1140. The molecule has 222 valence electrons. The third-order valence-corrected chi connectivity index (χ3v) is 6.56. The first-order valence-electron chi connectivity index (χ1n) is 14.2. The molecular formula is C31H42N4O6. The predicted octanol–water partition coefficient (Wildman–Crippen LogP) is 4.34. The molecule has 0 bridgehead atoms. The normalized spacial score (nSPS) is 16.3. The number of cyclic esters (lactones) is 1. The number of carbonyl (C=O) groups excluding carboxylic acids is 4. The van der Waals surface area contributed by atoms with Crippen LogP contribution in [0.5, 0.6) is 0 Å². The Balaban J connectivity index is 1.58. The molecular weight excluding hydrogens is 524 g/mol. The zero-order valence-electron chi connectivity index (χ0n) is 24.3. The minimum atomic E-state index is -1.21. The second-order valence-corrected chi connectivity index (χ2v) is 11.1. The maximum Gasteiger partial charge on any atom is 0.426 e. The lowest BCUT2D eigenvalue weighted by molar-refractivity contribution is -0.134. The van der Waals surface area contributed by atoms with Gasteiger partial charge in [-0.3, -0.25) is 9.59 Å². The van der Waals surface area contributed by atoms with E-state index < -0.39 is 42.2 Å². The second-order valence-electron chi connectivity index (χ2n) is 11.1. The molecule has 10 heteroatoms. The van der Waals surface area contributed by atoms with E-state index in [9.17, 15) is 19.2 Å². The van der Waals surface area contributed by atoms with Crippen LogP contribution in [0.4, 0.5) is 9.59 Å². The van der Waals surface area contributed by atoms with E-state index in [4.69, 9.17) is 9.47 Å². The number of Topliss-reactive ketones (excluding diaryl/α,β-unsaturated/α-hetero) is 1. The summed E-state index contributed by atoms with van der Waals surface area (Å²) in [6.07, 6.45) is -0.431. The van der Waals surface area contributed by atoms with Gasteiger partial charge in [-0.25, -0.2) is 14.6 Å². The number of aryl methyl sites for hydroxylation is 1. The lowest BCUT2D eigenvalue weighted by atomic mass is 9.97. The number of benzene rings is 2. The summed E-state index contributed by atoms with van der Waals surface area (Å²) < 4.78 is 10.6. The van der Waals surface area contributed by atoms with E-state index in [2.05, 4.69) is 16.1 Å². The Hall–Kier alpha value is -3.92. The van der Waals surface area contributed by atoms with Gasteiger partial charge in [0.25, 0.3) is 0 Å². The molecule has 1 fully saturated rings. The lowest BCUT2D eigenvalue weighted by Crippen LogP contribution is -2.55. The highest BCUT2D eigenvalue weighted by Crippen LogP contribution is 2.15. The molecule has 1 aliphatic heterocycles. The van der Waals surface area contributed by atoms with Crippen LogP contribution in [0, 0.1) is 11.8 Å². The largest absolute Gasteiger partial charge is 0.445 e. The van der Waals surface area contributed by atoms with Crippen molar-refractivity contribution in [3.05, 3.63) is 71.8 Å². The van der Waals surface area contributed by atoms with Crippen molar-refractivity contribution in [3.8, 4) is 0 Å². The van der Waals surface area contributed by atoms with E-state index in [-0.39, 0.29) is 18.4 Å². The van der Waals surface area contributed by atoms with Crippen LogP contribution in [0.25, 0.3) is 0 Å². The lowest BCUT2D eigenvalue weighted by Gasteiger charge is -2.25. The number of carbonyl (C=O) groups is 4. The number of ether oxygens (including phenoxy) is 2. The van der Waals surface area contributed by atoms with Crippen LogP contribution in [0.2, 0.25) is 0 Å². The molecule has 41 heavy (non-hydrogen) atoms. The predicted molar refractivity (Wildman–Crippen MR) is 154 cm³/mol. The number of amides is 3. The highest BCUT2D eigenvalue weighted by atomic mass is 16.6. The summed E-state index contributed by atoms with van der Waals surface area (Å²) in [5.41, 5.74) is 4.83. The van der Waals surface area contributed by atoms with Crippen molar-refractivity contribution >= 4 is 23.9 Å². The van der Waals surface area contributed by atoms with E-state index in [0.29, 0.717) is 25.8 Å². The monoisotopic (exact) mass is 566 g/mol. The molecule has 1 saturated heterocycles. The summed E-state index contributed by atoms with van der Waals surface area (Å²) in [6, 6.07) is 17.3. The van der Waals surface area contributed by atoms with Gasteiger partial charge in [-0.05, 0) is 48.6 Å². The molecule has 1 unspecified atom stereocenters. The van der Waals surface area contributed by atoms with Crippen molar-refractivity contribution in [1.82, 2.24) is 21.1 Å². The maximum atomic E-state index is 13.4. The molecule has 0 spiro atoms. The molecule has 2 aromatic carbocycles. The van der Waals surface area contributed by atoms with Crippen molar-refractivity contribution < 1.29 is 28.7 Å². The molecule has 2 aromatic rings. The number of hydrogen-bond donors (Lipinski definition) is 3. The summed E-state index contributed by atoms with van der Waals surface area (Å²) in [4.78, 5) is 51.7. The van der Waals surface area contributed by atoms with Gasteiger partial charge in [-0.2, -0.15) is 5.43 Å². The Kier molecular flexibility index (Phi) is 12.1. The summed E-state index contributed by atoms with van der Waals surface area (Å²) in [5, 5.41) is 6.74. The third-order valence-electron chi connectivity index (χ3n) is 6.56. The number of nitrogens with zero attached hydrogens (tertiary/aromatic N) is 1. The number of alkyl carbamates (subject to hydrolysis) is 1. The minimum Gasteiger partial charge on any atom is -0.445 e. The zero-order valence-corrected chi connectivity index (χ0v) is 24.3. The van der Waals surface area contributed by atoms with Gasteiger partial charge < -0.3 is 20.1 Å². The fourth-order valence-corrected chi connectivity index (χ4v) is 4.53. The van der Waals surface area contributed by atoms with Gasteiger partial charge in [0.15, 0.2) is 0 Å². The standard InChI is InChI=1S/C31H42N4O6/c1-21(2)18-25(27(36)29-34-35(31(39)41-29)17-11-16-23-12-7-5-8-13-23)32-28(37)26(19-22(3)4)33-30(38)40-20-24-14-9-6-10-15-24/h5-10,12-15,21-22,25-26,29,34H,11,16-20H2,1-4H3,(H,32,37)(H,33,38)/t25-,26-,29?/m0/s1. The number of rotatable bonds is 15. The van der Waals surface area contributed by atoms with Crippen molar-refractivity contribution in [2.75, 3.05) is 6.54 Å². The maximum absolute atomic E-state index is 13.4. The molecule has 3 rings (SSSR count). The topological polar surface area (TPSA) is 126 Å². The minimum absolute atomic E-state index is 0.0654. The van der Waals surface area contributed by atoms with Crippen LogP contribution >= 0.6 is 0 Å². The smallest absolute Gasteiger partial charge is 0.426 e. The number of nitrogens with one attached hydrogen (secondary N) is 3. The van der Waals surface area contributed by atoms with E-state index in [0.717, 1.165) is 17.5 Å². The molecule has 1 heterocycles. The average Bonchev–Trinajstić information content (AvgIpc) is 3.31. The number of ketones is 1. The van der Waals surface area contributed by atoms with Crippen molar-refractivity contribution in [2.45, 2.75) is 78.3 Å². The first-order valence-corrected chi connectivity index (χ1v) is 14.2. The van der Waals surface area contributed by atoms with Gasteiger partial charge in [-0.1, -0.05) is 88.4 Å². The fraction of sp³-hybridized carbons (Fsp3) is 0.484. The fourth-order valence-electron chi connectivity index (χ4n) is 4.53. The van der Waals surface area contributed by atoms with Gasteiger partial charge in [0.1, 0.15) is 12.6 Å². The quantitative estimate of drug-likeness (QED) is 0.293. The first-order chi connectivity index (χ1) is 19.6. The molecule has 3 atom stereocenters. The Morgan fingerprint density at radius 3 is 2.07 bits per heavy atom. The van der Waals surface area contributed by atoms with Crippen LogP contribution in [-0.4, -0.2) is 53.7 Å². The number of hydrogen-bond acceptors (Lipinski definition) is 7. The summed E-state index contributed by atoms with van der Waals surface area (Å²) >= 11 is 0. The second kappa shape index (κ2) is 15.8. The Morgan fingerprint density at radius 2 is 1.46 bits per heavy atom. The summed E-state index contributed by atoms with van der Waals surface area (Å²) in [6.45, 7) is 8.16. The van der Waals surface area contributed by atoms with E-state index in [1.54, 1.807) is 0 Å². The Labute approximate surface area is 242 Å². The van der Waals surface area contributed by atoms with Crippen molar-refractivity contribution in [2.24, 2.45) is 11.8 Å². The number of hydrazine groups is 1. The van der Waals surface area contributed by atoms with Gasteiger partial charge in [-0.15, -0.1) is 0 Å². The highest BCUT2D eigenvalue weighted by Gasteiger charge is 2.40. The van der Waals surface area contributed by atoms with E-state index in [1.165, 1.54) is 5.01 Å². The van der Waals surface area contributed by atoms with Crippen LogP contribution < -0.4 is 16.1 Å². The molecule has 0 aliphatic carbocycles. The van der Waals surface area contributed by atoms with E-state index >= 15 is 0 Å². The van der Waals surface area contributed by atoms with Crippen molar-refractivity contribution in [3.63, 3.8) is 0 Å². The SMILES string of the molecule is CC(C)C[C@H](NC(=O)OCc1ccccc1)C(=O)N[C@@H](CC(C)C)C(=O)C1NN(CCCc2ccccc2)C(=O)O1. The molecule has 3 amide bonds. The van der Waals surface area contributed by atoms with Crippen LogP contribution in [0.3, 0.4) is 0 Å². The summed E-state index contributed by atoms with van der Waals surface area (Å²) in [7, 11) is 0. The molecule has 0 aromatic heterocycles. The van der Waals surface area contributed by atoms with Gasteiger partial charge >= 0.3 is 12.2 Å². The molecule has 0 radical (unpaired) electrons. The van der Waals surface area contributed by atoms with Gasteiger partial charge in [0.05, 0.1) is 6.04 Å². The summed E-state index contributed by atoms with van der Waals surface area (Å²) in [5.74, 6) is -0.809. The van der Waals surface area contributed by atoms with Crippen LogP contribution in [-0.2, 0) is 32.1 Å². The zero-order chi connectivity index (χ0) is 29.8. The average molecular weight is 567 g/mol. The van der Waals surface area contributed by atoms with E-state index in [1.807, 2.05) is 88.4 Å². The Morgan fingerprint density at radius 1 is 0.878 bits per heavy atom. The molecule has 3 N–H and O–H groups in total.